The quantitative estimate of drug-likeness (QED) is 0.869. The lowest BCUT2D eigenvalue weighted by molar-refractivity contribution is 0.0645. The summed E-state index contributed by atoms with van der Waals surface area (Å²) in [6.07, 6.45) is 3.64. The molecule has 0 saturated carbocycles. The van der Waals surface area contributed by atoms with Gasteiger partial charge in [-0.15, -0.1) is 0 Å². The third-order valence-electron chi connectivity index (χ3n) is 4.07. The maximum Gasteiger partial charge on any atom is 0.187 e. The fourth-order valence-corrected chi connectivity index (χ4v) is 3.76. The molecule has 2 aromatic rings. The fraction of sp³-hybridized carbons (Fsp3) is 0.714. The number of nitrogens with zero attached hydrogens (tertiary/aromatic N) is 4. The zero-order chi connectivity index (χ0) is 14.1. The SMILES string of the molecule is Cc1nn(C)c2nc(N(C)CCC3CCOCC3)sc12. The van der Waals surface area contributed by atoms with Gasteiger partial charge in [-0.05, 0) is 32.1 Å². The van der Waals surface area contributed by atoms with Gasteiger partial charge in [0.15, 0.2) is 10.8 Å². The highest BCUT2D eigenvalue weighted by molar-refractivity contribution is 7.22. The van der Waals surface area contributed by atoms with Crippen LogP contribution in [0.25, 0.3) is 10.3 Å². The van der Waals surface area contributed by atoms with Crippen molar-refractivity contribution < 1.29 is 4.74 Å². The summed E-state index contributed by atoms with van der Waals surface area (Å²) < 4.78 is 8.49. The molecule has 0 unspecified atom stereocenters. The van der Waals surface area contributed by atoms with Gasteiger partial charge in [-0.2, -0.15) is 5.10 Å². The van der Waals surface area contributed by atoms with Crippen LogP contribution in [0, 0.1) is 12.8 Å². The summed E-state index contributed by atoms with van der Waals surface area (Å²) in [5.74, 6) is 0.809. The topological polar surface area (TPSA) is 43.2 Å². The molecule has 110 valence electrons. The summed E-state index contributed by atoms with van der Waals surface area (Å²) in [5, 5.41) is 5.50. The molecule has 6 heteroatoms. The predicted octanol–water partition coefficient (Wildman–Crippen LogP) is 2.59. The van der Waals surface area contributed by atoms with E-state index in [2.05, 4.69) is 17.0 Å². The van der Waals surface area contributed by atoms with Gasteiger partial charge in [-0.3, -0.25) is 0 Å². The number of thiazole rings is 1. The van der Waals surface area contributed by atoms with Crippen LogP contribution in [-0.4, -0.2) is 41.6 Å². The maximum absolute atomic E-state index is 5.41. The second-order valence-corrected chi connectivity index (χ2v) is 6.60. The lowest BCUT2D eigenvalue weighted by Crippen LogP contribution is -2.24. The third-order valence-corrected chi connectivity index (χ3v) is 5.34. The van der Waals surface area contributed by atoms with Crippen molar-refractivity contribution in [2.75, 3.05) is 31.7 Å². The fourth-order valence-electron chi connectivity index (χ4n) is 2.74. The lowest BCUT2D eigenvalue weighted by atomic mass is 9.96. The summed E-state index contributed by atoms with van der Waals surface area (Å²) in [6, 6.07) is 0. The minimum atomic E-state index is 0.809. The second-order valence-electron chi connectivity index (χ2n) is 5.62. The molecule has 3 heterocycles. The van der Waals surface area contributed by atoms with E-state index in [1.165, 1.54) is 24.0 Å². The zero-order valence-electron chi connectivity index (χ0n) is 12.4. The van der Waals surface area contributed by atoms with E-state index in [9.17, 15) is 0 Å². The standard InChI is InChI=1S/C14H22N4OS/c1-10-12-13(18(3)16-10)15-14(20-12)17(2)7-4-11-5-8-19-9-6-11/h11H,4-9H2,1-3H3. The number of aryl methyl sites for hydroxylation is 2. The molecule has 1 aliphatic rings. The van der Waals surface area contributed by atoms with E-state index in [-0.39, 0.29) is 0 Å². The minimum absolute atomic E-state index is 0.809. The number of hydrogen-bond donors (Lipinski definition) is 0. The van der Waals surface area contributed by atoms with Crippen LogP contribution in [0.1, 0.15) is 25.0 Å². The number of anilines is 1. The molecule has 0 N–H and O–H groups in total. The summed E-state index contributed by atoms with van der Waals surface area (Å²) in [5.41, 5.74) is 2.07. The van der Waals surface area contributed by atoms with E-state index >= 15 is 0 Å². The molecule has 1 aliphatic heterocycles. The average Bonchev–Trinajstić information content (AvgIpc) is 3.00. The average molecular weight is 294 g/mol. The number of ether oxygens (including phenoxy) is 1. The first-order valence-electron chi connectivity index (χ1n) is 7.24. The zero-order valence-corrected chi connectivity index (χ0v) is 13.2. The Labute approximate surface area is 123 Å². The van der Waals surface area contributed by atoms with E-state index in [1.54, 1.807) is 11.3 Å². The molecule has 1 fully saturated rings. The van der Waals surface area contributed by atoms with Crippen LogP contribution in [0.15, 0.2) is 0 Å². The largest absolute Gasteiger partial charge is 0.381 e. The van der Waals surface area contributed by atoms with Crippen LogP contribution in [0.4, 0.5) is 5.13 Å². The number of aromatic nitrogens is 3. The van der Waals surface area contributed by atoms with Gasteiger partial charge in [0, 0.05) is 33.9 Å². The Morgan fingerprint density at radius 2 is 2.15 bits per heavy atom. The minimum Gasteiger partial charge on any atom is -0.381 e. The first-order valence-corrected chi connectivity index (χ1v) is 8.06. The van der Waals surface area contributed by atoms with Gasteiger partial charge in [-0.25, -0.2) is 9.67 Å². The molecule has 1 saturated heterocycles. The molecular weight excluding hydrogens is 272 g/mol. The van der Waals surface area contributed by atoms with Crippen molar-refractivity contribution >= 4 is 26.8 Å². The summed E-state index contributed by atoms with van der Waals surface area (Å²) >= 11 is 1.75. The van der Waals surface area contributed by atoms with Crippen LogP contribution in [0.5, 0.6) is 0 Å². The van der Waals surface area contributed by atoms with Crippen molar-refractivity contribution in [3.05, 3.63) is 5.69 Å². The Morgan fingerprint density at radius 3 is 2.85 bits per heavy atom. The van der Waals surface area contributed by atoms with Gasteiger partial charge in [0.25, 0.3) is 0 Å². The Hall–Kier alpha value is -1.14. The maximum atomic E-state index is 5.41. The highest BCUT2D eigenvalue weighted by atomic mass is 32.1. The van der Waals surface area contributed by atoms with Crippen molar-refractivity contribution in [2.24, 2.45) is 13.0 Å². The Bertz CT molecular complexity index is 551. The first kappa shape index (κ1) is 13.8. The molecule has 0 amide bonds. The van der Waals surface area contributed by atoms with Crippen molar-refractivity contribution in [3.8, 4) is 0 Å². The third kappa shape index (κ3) is 2.67. The van der Waals surface area contributed by atoms with E-state index in [4.69, 9.17) is 9.72 Å². The molecule has 0 spiro atoms. The monoisotopic (exact) mass is 294 g/mol. The smallest absolute Gasteiger partial charge is 0.187 e. The Kier molecular flexibility index (Phi) is 3.94. The van der Waals surface area contributed by atoms with Crippen LogP contribution in [-0.2, 0) is 11.8 Å². The molecule has 2 aromatic heterocycles. The summed E-state index contributed by atoms with van der Waals surface area (Å²) in [7, 11) is 4.10. The second kappa shape index (κ2) is 5.69. The van der Waals surface area contributed by atoms with Gasteiger partial charge in [0.1, 0.15) is 0 Å². The summed E-state index contributed by atoms with van der Waals surface area (Å²) in [6.45, 7) is 4.98. The molecule has 20 heavy (non-hydrogen) atoms. The molecule has 3 rings (SSSR count). The lowest BCUT2D eigenvalue weighted by Gasteiger charge is -2.24. The Morgan fingerprint density at radius 1 is 1.40 bits per heavy atom. The van der Waals surface area contributed by atoms with E-state index in [1.807, 2.05) is 18.7 Å². The van der Waals surface area contributed by atoms with Gasteiger partial charge < -0.3 is 9.64 Å². The molecule has 0 aromatic carbocycles. The van der Waals surface area contributed by atoms with E-state index in [0.29, 0.717) is 0 Å². The number of rotatable bonds is 4. The predicted molar refractivity (Wildman–Crippen MR) is 82.6 cm³/mol. The Balaban J connectivity index is 1.65. The van der Waals surface area contributed by atoms with Crippen molar-refractivity contribution in [2.45, 2.75) is 26.2 Å². The van der Waals surface area contributed by atoms with Gasteiger partial charge in [-0.1, -0.05) is 11.3 Å². The summed E-state index contributed by atoms with van der Waals surface area (Å²) in [4.78, 5) is 6.99. The van der Waals surface area contributed by atoms with Gasteiger partial charge in [0.2, 0.25) is 0 Å². The highest BCUT2D eigenvalue weighted by Gasteiger charge is 2.17. The van der Waals surface area contributed by atoms with Crippen LogP contribution in [0.2, 0.25) is 0 Å². The molecular formula is C14H22N4OS. The van der Waals surface area contributed by atoms with Crippen molar-refractivity contribution in [1.29, 1.82) is 0 Å². The normalized spacial score (nSPS) is 16.9. The van der Waals surface area contributed by atoms with Crippen LogP contribution in [0.3, 0.4) is 0 Å². The van der Waals surface area contributed by atoms with E-state index in [0.717, 1.165) is 42.1 Å². The van der Waals surface area contributed by atoms with Crippen molar-refractivity contribution in [3.63, 3.8) is 0 Å². The van der Waals surface area contributed by atoms with Gasteiger partial charge in [0.05, 0.1) is 10.4 Å². The van der Waals surface area contributed by atoms with Crippen LogP contribution < -0.4 is 4.90 Å². The molecule has 0 bridgehead atoms. The molecule has 0 atom stereocenters. The number of hydrogen-bond acceptors (Lipinski definition) is 5. The molecule has 0 aliphatic carbocycles. The first-order chi connectivity index (χ1) is 9.65. The van der Waals surface area contributed by atoms with E-state index < -0.39 is 0 Å². The number of fused-ring (bicyclic) bond motifs is 1. The van der Waals surface area contributed by atoms with Gasteiger partial charge >= 0.3 is 0 Å². The highest BCUT2D eigenvalue weighted by Crippen LogP contribution is 2.30. The van der Waals surface area contributed by atoms with Crippen molar-refractivity contribution in [1.82, 2.24) is 14.8 Å². The molecule has 5 nitrogen and oxygen atoms in total. The molecule has 0 radical (unpaired) electrons. The van der Waals surface area contributed by atoms with Crippen LogP contribution >= 0.6 is 11.3 Å².